The molecule has 3 aromatic heterocycles. The van der Waals surface area contributed by atoms with Gasteiger partial charge in [-0.15, -0.1) is 0 Å². The Morgan fingerprint density at radius 3 is 3.00 bits per heavy atom. The number of hydrogen-bond acceptors (Lipinski definition) is 6. The minimum atomic E-state index is 0.0908. The number of nitrogens with one attached hydrogen (secondary N) is 1. The number of aromatic amines is 1. The summed E-state index contributed by atoms with van der Waals surface area (Å²) in [4.78, 5) is 36.3. The van der Waals surface area contributed by atoms with Gasteiger partial charge in [-0.1, -0.05) is 0 Å². The lowest BCUT2D eigenvalue weighted by molar-refractivity contribution is -0.130. The summed E-state index contributed by atoms with van der Waals surface area (Å²) in [7, 11) is 1.86. The number of pyridine rings is 1. The number of nitrogens with zero attached hydrogens (tertiary/aromatic N) is 6. The van der Waals surface area contributed by atoms with Crippen molar-refractivity contribution in [1.82, 2.24) is 29.8 Å². The Morgan fingerprint density at radius 2 is 2.16 bits per heavy atom. The Morgan fingerprint density at radius 1 is 1.32 bits per heavy atom. The fourth-order valence-corrected chi connectivity index (χ4v) is 3.41. The number of fused-ring (bicyclic) bond motifs is 1. The molecule has 4 rings (SSSR count). The van der Waals surface area contributed by atoms with Gasteiger partial charge >= 0.3 is 0 Å². The molecule has 4 heterocycles. The first kappa shape index (κ1) is 15.5. The smallest absolute Gasteiger partial charge is 0.242 e. The molecule has 0 saturated carbocycles. The SMILES string of the molecule is CN(CC(=O)N1CCCC1c1ccncc1)c1ncnc2nc[nH]c12. The standard InChI is InChI=1S/C17H19N7O/c1-23(17-15-16(20-10-19-15)21-11-22-17)9-14(25)24-8-2-3-13(24)12-4-6-18-7-5-12/h4-7,10-11,13H,2-3,8-9H2,1H3,(H,19,20,21,22). The van der Waals surface area contributed by atoms with Gasteiger partial charge in [-0.2, -0.15) is 0 Å². The number of imidazole rings is 1. The lowest BCUT2D eigenvalue weighted by atomic mass is 10.1. The van der Waals surface area contributed by atoms with Crippen LogP contribution < -0.4 is 4.90 Å². The Hall–Kier alpha value is -3.03. The zero-order valence-electron chi connectivity index (χ0n) is 14.0. The Balaban J connectivity index is 1.52. The lowest BCUT2D eigenvalue weighted by Gasteiger charge is -2.27. The molecule has 1 aliphatic heterocycles. The number of amides is 1. The van der Waals surface area contributed by atoms with Crippen molar-refractivity contribution in [3.63, 3.8) is 0 Å². The van der Waals surface area contributed by atoms with Crippen LogP contribution in [0.5, 0.6) is 0 Å². The van der Waals surface area contributed by atoms with E-state index < -0.39 is 0 Å². The average molecular weight is 337 g/mol. The first-order valence-corrected chi connectivity index (χ1v) is 8.28. The van der Waals surface area contributed by atoms with Gasteiger partial charge in [0.25, 0.3) is 0 Å². The number of aromatic nitrogens is 5. The third-order valence-corrected chi connectivity index (χ3v) is 4.60. The number of H-pyrrole nitrogens is 1. The maximum absolute atomic E-state index is 12.9. The normalized spacial score (nSPS) is 17.2. The summed E-state index contributed by atoms with van der Waals surface area (Å²) >= 11 is 0. The number of carbonyl (C=O) groups is 1. The summed E-state index contributed by atoms with van der Waals surface area (Å²) in [6.07, 6.45) is 8.60. The molecule has 1 saturated heterocycles. The predicted molar refractivity (Wildman–Crippen MR) is 92.9 cm³/mol. The van der Waals surface area contributed by atoms with Gasteiger partial charge in [0.05, 0.1) is 18.9 Å². The number of likely N-dealkylation sites (N-methyl/N-ethyl adjacent to an activating group) is 1. The molecule has 0 radical (unpaired) electrons. The van der Waals surface area contributed by atoms with Crippen LogP contribution in [0.1, 0.15) is 24.4 Å². The van der Waals surface area contributed by atoms with Gasteiger partial charge < -0.3 is 14.8 Å². The van der Waals surface area contributed by atoms with E-state index in [0.717, 1.165) is 30.5 Å². The average Bonchev–Trinajstić information content (AvgIpc) is 3.31. The molecule has 0 aliphatic carbocycles. The molecule has 1 aliphatic rings. The van der Waals surface area contributed by atoms with Crippen molar-refractivity contribution in [3.8, 4) is 0 Å². The fourth-order valence-electron chi connectivity index (χ4n) is 3.41. The molecule has 1 fully saturated rings. The Kier molecular flexibility index (Phi) is 4.01. The van der Waals surface area contributed by atoms with Crippen molar-refractivity contribution in [2.75, 3.05) is 25.0 Å². The molecule has 1 amide bonds. The third kappa shape index (κ3) is 2.90. The molecule has 8 nitrogen and oxygen atoms in total. The van der Waals surface area contributed by atoms with Gasteiger partial charge in [0.15, 0.2) is 11.5 Å². The van der Waals surface area contributed by atoms with Crippen molar-refractivity contribution in [2.45, 2.75) is 18.9 Å². The molecule has 0 spiro atoms. The molecule has 128 valence electrons. The minimum absolute atomic E-state index is 0.0908. The van der Waals surface area contributed by atoms with Crippen molar-refractivity contribution in [2.24, 2.45) is 0 Å². The Bertz CT molecular complexity index is 879. The summed E-state index contributed by atoms with van der Waals surface area (Å²) in [5, 5.41) is 0. The molecule has 25 heavy (non-hydrogen) atoms. The van der Waals surface area contributed by atoms with E-state index in [1.54, 1.807) is 18.7 Å². The second-order valence-corrected chi connectivity index (χ2v) is 6.18. The van der Waals surface area contributed by atoms with Gasteiger partial charge in [0, 0.05) is 26.0 Å². The van der Waals surface area contributed by atoms with Crippen LogP contribution in [0, 0.1) is 0 Å². The van der Waals surface area contributed by atoms with Crippen molar-refractivity contribution < 1.29 is 4.79 Å². The zero-order valence-corrected chi connectivity index (χ0v) is 14.0. The van der Waals surface area contributed by atoms with Crippen LogP contribution in [0.4, 0.5) is 5.82 Å². The number of hydrogen-bond donors (Lipinski definition) is 1. The molecule has 1 unspecified atom stereocenters. The highest BCUT2D eigenvalue weighted by atomic mass is 16.2. The summed E-state index contributed by atoms with van der Waals surface area (Å²) in [6.45, 7) is 1.04. The summed E-state index contributed by atoms with van der Waals surface area (Å²) in [5.74, 6) is 0.767. The third-order valence-electron chi connectivity index (χ3n) is 4.60. The van der Waals surface area contributed by atoms with Crippen LogP contribution >= 0.6 is 0 Å². The van der Waals surface area contributed by atoms with E-state index in [-0.39, 0.29) is 18.5 Å². The molecule has 3 aromatic rings. The first-order chi connectivity index (χ1) is 12.2. The van der Waals surface area contributed by atoms with Crippen LogP contribution in [0.15, 0.2) is 37.2 Å². The maximum atomic E-state index is 12.9. The topological polar surface area (TPSA) is 90.9 Å². The fraction of sp³-hybridized carbons (Fsp3) is 0.353. The van der Waals surface area contributed by atoms with Gasteiger partial charge in [-0.3, -0.25) is 9.78 Å². The zero-order chi connectivity index (χ0) is 17.2. The molecule has 8 heteroatoms. The van der Waals surface area contributed by atoms with Crippen molar-refractivity contribution in [1.29, 1.82) is 0 Å². The van der Waals surface area contributed by atoms with E-state index in [1.807, 2.05) is 29.0 Å². The molecule has 1 N–H and O–H groups in total. The van der Waals surface area contributed by atoms with Gasteiger partial charge in [-0.05, 0) is 30.5 Å². The first-order valence-electron chi connectivity index (χ1n) is 8.28. The number of likely N-dealkylation sites (tertiary alicyclic amines) is 1. The van der Waals surface area contributed by atoms with Crippen LogP contribution in [0.3, 0.4) is 0 Å². The van der Waals surface area contributed by atoms with E-state index in [4.69, 9.17) is 0 Å². The Labute approximate surface area is 144 Å². The van der Waals surface area contributed by atoms with E-state index in [1.165, 1.54) is 6.33 Å². The second-order valence-electron chi connectivity index (χ2n) is 6.18. The summed E-state index contributed by atoms with van der Waals surface area (Å²) < 4.78 is 0. The van der Waals surface area contributed by atoms with Crippen molar-refractivity contribution >= 4 is 22.9 Å². The summed E-state index contributed by atoms with van der Waals surface area (Å²) in [6, 6.07) is 4.10. The monoisotopic (exact) mass is 337 g/mol. The van der Waals surface area contributed by atoms with E-state index >= 15 is 0 Å². The van der Waals surface area contributed by atoms with Gasteiger partial charge in [-0.25, -0.2) is 15.0 Å². The lowest BCUT2D eigenvalue weighted by Crippen LogP contribution is -2.39. The maximum Gasteiger partial charge on any atom is 0.242 e. The highest BCUT2D eigenvalue weighted by Crippen LogP contribution is 2.31. The molecular formula is C17H19N7O. The highest BCUT2D eigenvalue weighted by Gasteiger charge is 2.30. The molecule has 0 aromatic carbocycles. The number of anilines is 1. The summed E-state index contributed by atoms with van der Waals surface area (Å²) in [5.41, 5.74) is 2.48. The predicted octanol–water partition coefficient (Wildman–Crippen LogP) is 1.55. The largest absolute Gasteiger partial charge is 0.348 e. The van der Waals surface area contributed by atoms with Crippen LogP contribution in [-0.4, -0.2) is 55.9 Å². The minimum Gasteiger partial charge on any atom is -0.348 e. The van der Waals surface area contributed by atoms with Gasteiger partial charge in [0.1, 0.15) is 11.8 Å². The van der Waals surface area contributed by atoms with E-state index in [9.17, 15) is 4.79 Å². The molecule has 1 atom stereocenters. The molecule has 0 bridgehead atoms. The number of carbonyl (C=O) groups excluding carboxylic acids is 1. The van der Waals surface area contributed by atoms with E-state index in [2.05, 4.69) is 24.9 Å². The second kappa shape index (κ2) is 6.46. The number of rotatable bonds is 4. The van der Waals surface area contributed by atoms with Gasteiger partial charge in [0.2, 0.25) is 5.91 Å². The van der Waals surface area contributed by atoms with Crippen molar-refractivity contribution in [3.05, 3.63) is 42.7 Å². The van der Waals surface area contributed by atoms with Crippen LogP contribution in [0.25, 0.3) is 11.2 Å². The quantitative estimate of drug-likeness (QED) is 0.777. The van der Waals surface area contributed by atoms with Crippen LogP contribution in [0.2, 0.25) is 0 Å². The highest BCUT2D eigenvalue weighted by molar-refractivity contribution is 5.87. The van der Waals surface area contributed by atoms with E-state index in [0.29, 0.717) is 11.5 Å². The molecular weight excluding hydrogens is 318 g/mol. The van der Waals surface area contributed by atoms with Crippen LogP contribution in [-0.2, 0) is 4.79 Å².